The Morgan fingerprint density at radius 1 is 1.42 bits per heavy atom. The van der Waals surface area contributed by atoms with Crippen LogP contribution < -0.4 is 0 Å². The average molecular weight is 376 g/mol. The van der Waals surface area contributed by atoms with Crippen LogP contribution in [0.5, 0.6) is 0 Å². The lowest BCUT2D eigenvalue weighted by Crippen LogP contribution is -2.36. The second kappa shape index (κ2) is 7.50. The zero-order valence-electron chi connectivity index (χ0n) is 15.1. The predicted octanol–water partition coefficient (Wildman–Crippen LogP) is 3.20. The SMILES string of the molecule is CCN1C(=O)C[C@@H](C(=O)N(C)Cc2cc(C)on2)[C@@H]1c1ccccc1Cl. The van der Waals surface area contributed by atoms with Gasteiger partial charge in [0.1, 0.15) is 11.5 Å². The van der Waals surface area contributed by atoms with Gasteiger partial charge in [0.25, 0.3) is 0 Å². The maximum atomic E-state index is 13.1. The molecule has 3 rings (SSSR count). The number of amides is 2. The van der Waals surface area contributed by atoms with Crippen LogP contribution in [0.25, 0.3) is 0 Å². The molecule has 6 nitrogen and oxygen atoms in total. The van der Waals surface area contributed by atoms with Gasteiger partial charge in [-0.3, -0.25) is 9.59 Å². The Kier molecular flexibility index (Phi) is 5.32. The van der Waals surface area contributed by atoms with Crippen molar-refractivity contribution in [1.82, 2.24) is 15.0 Å². The zero-order chi connectivity index (χ0) is 18.8. The summed E-state index contributed by atoms with van der Waals surface area (Å²) < 4.78 is 5.06. The van der Waals surface area contributed by atoms with E-state index in [0.717, 1.165) is 5.56 Å². The molecule has 0 radical (unpaired) electrons. The van der Waals surface area contributed by atoms with Gasteiger partial charge < -0.3 is 14.3 Å². The number of rotatable bonds is 5. The number of likely N-dealkylation sites (tertiary alicyclic amines) is 1. The molecule has 7 heteroatoms. The first-order chi connectivity index (χ1) is 12.4. The van der Waals surface area contributed by atoms with Crippen molar-refractivity contribution in [3.63, 3.8) is 0 Å². The fraction of sp³-hybridized carbons (Fsp3) is 0.421. The summed E-state index contributed by atoms with van der Waals surface area (Å²) in [5.41, 5.74) is 1.50. The van der Waals surface area contributed by atoms with Gasteiger partial charge in [-0.2, -0.15) is 0 Å². The lowest BCUT2D eigenvalue weighted by molar-refractivity contribution is -0.135. The third kappa shape index (κ3) is 3.46. The van der Waals surface area contributed by atoms with Crippen molar-refractivity contribution in [1.29, 1.82) is 0 Å². The number of aromatic nitrogens is 1. The van der Waals surface area contributed by atoms with Crippen molar-refractivity contribution in [3.8, 4) is 0 Å². The van der Waals surface area contributed by atoms with E-state index in [9.17, 15) is 9.59 Å². The highest BCUT2D eigenvalue weighted by Gasteiger charge is 2.45. The molecule has 0 unspecified atom stereocenters. The molecule has 1 aromatic carbocycles. The first-order valence-corrected chi connectivity index (χ1v) is 9.01. The minimum atomic E-state index is -0.472. The Morgan fingerprint density at radius 3 is 2.77 bits per heavy atom. The largest absolute Gasteiger partial charge is 0.361 e. The highest BCUT2D eigenvalue weighted by molar-refractivity contribution is 6.31. The zero-order valence-corrected chi connectivity index (χ0v) is 15.9. The molecular formula is C19H22ClN3O3. The van der Waals surface area contributed by atoms with Gasteiger partial charge in [-0.25, -0.2) is 0 Å². The summed E-state index contributed by atoms with van der Waals surface area (Å²) in [6.07, 6.45) is 0.185. The molecule has 1 fully saturated rings. The number of halogens is 1. The van der Waals surface area contributed by atoms with Crippen LogP contribution in [0.2, 0.25) is 5.02 Å². The summed E-state index contributed by atoms with van der Waals surface area (Å²) in [7, 11) is 1.72. The number of hydrogen-bond acceptors (Lipinski definition) is 4. The third-order valence-electron chi connectivity index (χ3n) is 4.77. The summed E-state index contributed by atoms with van der Waals surface area (Å²) in [4.78, 5) is 28.9. The van der Waals surface area contributed by atoms with E-state index in [1.165, 1.54) is 0 Å². The van der Waals surface area contributed by atoms with Crippen LogP contribution in [0.4, 0.5) is 0 Å². The minimum absolute atomic E-state index is 0.0264. The van der Waals surface area contributed by atoms with Gasteiger partial charge in [0, 0.05) is 31.1 Å². The molecule has 1 aromatic heterocycles. The van der Waals surface area contributed by atoms with Gasteiger partial charge in [-0.15, -0.1) is 0 Å². The van der Waals surface area contributed by atoms with Crippen LogP contribution in [0, 0.1) is 12.8 Å². The Balaban J connectivity index is 1.87. The first-order valence-electron chi connectivity index (χ1n) is 8.63. The normalized spacial score (nSPS) is 19.8. The molecular weight excluding hydrogens is 354 g/mol. The second-order valence-electron chi connectivity index (χ2n) is 6.58. The van der Waals surface area contributed by atoms with Crippen molar-refractivity contribution in [3.05, 3.63) is 52.4 Å². The van der Waals surface area contributed by atoms with E-state index < -0.39 is 5.92 Å². The molecule has 1 aliphatic heterocycles. The third-order valence-corrected chi connectivity index (χ3v) is 5.11. The quantitative estimate of drug-likeness (QED) is 0.804. The average Bonchev–Trinajstić information content (AvgIpc) is 3.17. The summed E-state index contributed by atoms with van der Waals surface area (Å²) in [5, 5.41) is 4.50. The number of carbonyl (C=O) groups is 2. The van der Waals surface area contributed by atoms with E-state index in [1.807, 2.05) is 25.1 Å². The molecule has 0 N–H and O–H groups in total. The molecule has 0 aliphatic carbocycles. The fourth-order valence-electron chi connectivity index (χ4n) is 3.58. The highest BCUT2D eigenvalue weighted by Crippen LogP contribution is 2.41. The lowest BCUT2D eigenvalue weighted by atomic mass is 9.92. The van der Waals surface area contributed by atoms with Crippen LogP contribution in [0.15, 0.2) is 34.9 Å². The van der Waals surface area contributed by atoms with Crippen LogP contribution in [0.1, 0.15) is 36.4 Å². The van der Waals surface area contributed by atoms with E-state index >= 15 is 0 Å². The number of hydrogen-bond donors (Lipinski definition) is 0. The molecule has 0 bridgehead atoms. The lowest BCUT2D eigenvalue weighted by Gasteiger charge is -2.29. The molecule has 2 aromatic rings. The fourth-order valence-corrected chi connectivity index (χ4v) is 3.83. The van der Waals surface area contributed by atoms with Crippen LogP contribution in [0.3, 0.4) is 0 Å². The van der Waals surface area contributed by atoms with Gasteiger partial charge in [-0.05, 0) is 25.5 Å². The minimum Gasteiger partial charge on any atom is -0.361 e. The Bertz CT molecular complexity index is 820. The Morgan fingerprint density at radius 2 is 2.15 bits per heavy atom. The first kappa shape index (κ1) is 18.5. The van der Waals surface area contributed by atoms with Crippen molar-refractivity contribution in [2.75, 3.05) is 13.6 Å². The monoisotopic (exact) mass is 375 g/mol. The van der Waals surface area contributed by atoms with Crippen molar-refractivity contribution in [2.45, 2.75) is 32.9 Å². The summed E-state index contributed by atoms with van der Waals surface area (Å²) in [6, 6.07) is 8.84. The van der Waals surface area contributed by atoms with E-state index in [-0.39, 0.29) is 24.3 Å². The molecule has 0 spiro atoms. The molecule has 138 valence electrons. The predicted molar refractivity (Wildman–Crippen MR) is 97.4 cm³/mol. The number of aryl methyl sites for hydroxylation is 1. The van der Waals surface area contributed by atoms with Gasteiger partial charge >= 0.3 is 0 Å². The molecule has 2 amide bonds. The second-order valence-corrected chi connectivity index (χ2v) is 6.99. The molecule has 2 heterocycles. The topological polar surface area (TPSA) is 66.7 Å². The Labute approximate surface area is 157 Å². The van der Waals surface area contributed by atoms with Crippen molar-refractivity contribution >= 4 is 23.4 Å². The standard InChI is InChI=1S/C19H22ClN3O3/c1-4-23-17(24)10-15(18(23)14-7-5-6-8-16(14)20)19(25)22(3)11-13-9-12(2)26-21-13/h5-9,15,18H,4,10-11H2,1-3H3/t15-,18+/m1/s1. The van der Waals surface area contributed by atoms with E-state index in [1.54, 1.807) is 35.9 Å². The maximum absolute atomic E-state index is 13.1. The highest BCUT2D eigenvalue weighted by atomic mass is 35.5. The van der Waals surface area contributed by atoms with Gasteiger partial charge in [0.05, 0.1) is 18.5 Å². The molecule has 0 saturated carbocycles. The van der Waals surface area contributed by atoms with E-state index in [4.69, 9.17) is 16.1 Å². The van der Waals surface area contributed by atoms with Gasteiger partial charge in [-0.1, -0.05) is 35.0 Å². The molecule has 1 saturated heterocycles. The summed E-state index contributed by atoms with van der Waals surface area (Å²) in [6.45, 7) is 4.59. The van der Waals surface area contributed by atoms with Gasteiger partial charge in [0.2, 0.25) is 11.8 Å². The van der Waals surface area contributed by atoms with E-state index in [0.29, 0.717) is 29.6 Å². The number of nitrogens with zero attached hydrogens (tertiary/aromatic N) is 3. The molecule has 2 atom stereocenters. The van der Waals surface area contributed by atoms with Crippen molar-refractivity contribution in [2.24, 2.45) is 5.92 Å². The molecule has 1 aliphatic rings. The van der Waals surface area contributed by atoms with Crippen LogP contribution in [-0.2, 0) is 16.1 Å². The van der Waals surface area contributed by atoms with Crippen LogP contribution in [-0.4, -0.2) is 40.4 Å². The smallest absolute Gasteiger partial charge is 0.228 e. The Hall–Kier alpha value is -2.34. The number of carbonyl (C=O) groups excluding carboxylic acids is 2. The molecule has 26 heavy (non-hydrogen) atoms. The van der Waals surface area contributed by atoms with Gasteiger partial charge in [0.15, 0.2) is 0 Å². The number of benzene rings is 1. The maximum Gasteiger partial charge on any atom is 0.228 e. The van der Waals surface area contributed by atoms with Crippen molar-refractivity contribution < 1.29 is 14.1 Å². The summed E-state index contributed by atoms with van der Waals surface area (Å²) >= 11 is 6.37. The van der Waals surface area contributed by atoms with Crippen LogP contribution >= 0.6 is 11.6 Å². The summed E-state index contributed by atoms with van der Waals surface area (Å²) in [5.74, 6) is 0.102. The van der Waals surface area contributed by atoms with E-state index in [2.05, 4.69) is 5.16 Å².